The molecule has 2 aromatic rings. The van der Waals surface area contributed by atoms with Gasteiger partial charge < -0.3 is 9.47 Å². The van der Waals surface area contributed by atoms with Crippen LogP contribution < -0.4 is 9.47 Å². The molecule has 1 fully saturated rings. The molecule has 0 amide bonds. The van der Waals surface area contributed by atoms with Crippen molar-refractivity contribution in [1.82, 2.24) is 8.61 Å². The molecule has 2 aromatic carbocycles. The highest BCUT2D eigenvalue weighted by Gasteiger charge is 2.36. The number of hydrogen-bond donors (Lipinski definition) is 0. The van der Waals surface area contributed by atoms with Crippen molar-refractivity contribution < 1.29 is 26.3 Å². The highest BCUT2D eigenvalue weighted by Crippen LogP contribution is 2.31. The van der Waals surface area contributed by atoms with Gasteiger partial charge >= 0.3 is 0 Å². The molecule has 0 unspecified atom stereocenters. The lowest BCUT2D eigenvalue weighted by Gasteiger charge is -2.33. The van der Waals surface area contributed by atoms with Crippen molar-refractivity contribution in [2.45, 2.75) is 37.5 Å². The maximum absolute atomic E-state index is 13.3. The van der Waals surface area contributed by atoms with Gasteiger partial charge in [0.25, 0.3) is 0 Å². The van der Waals surface area contributed by atoms with Crippen molar-refractivity contribution in [2.75, 3.05) is 39.4 Å². The summed E-state index contributed by atoms with van der Waals surface area (Å²) in [5.74, 6) is 0.618. The van der Waals surface area contributed by atoms with Crippen molar-refractivity contribution in [3.05, 3.63) is 47.5 Å². The van der Waals surface area contributed by atoms with Gasteiger partial charge in [0, 0.05) is 26.2 Å². The van der Waals surface area contributed by atoms with Crippen LogP contribution in [0.1, 0.15) is 25.0 Å². The van der Waals surface area contributed by atoms with E-state index in [-0.39, 0.29) is 36.0 Å². The highest BCUT2D eigenvalue weighted by molar-refractivity contribution is 7.89. The lowest BCUT2D eigenvalue weighted by atomic mass is 10.2. The number of rotatable bonds is 8. The van der Waals surface area contributed by atoms with Crippen LogP contribution in [-0.2, 0) is 20.0 Å². The molecule has 0 aliphatic carbocycles. The summed E-state index contributed by atoms with van der Waals surface area (Å²) in [5.41, 5.74) is 1.79. The Kier molecular flexibility index (Phi) is 7.49. The maximum atomic E-state index is 13.3. The molecule has 1 heterocycles. The second kappa shape index (κ2) is 9.78. The summed E-state index contributed by atoms with van der Waals surface area (Å²) >= 11 is 0. The van der Waals surface area contributed by atoms with E-state index in [4.69, 9.17) is 9.47 Å². The molecule has 1 aliphatic heterocycles. The van der Waals surface area contributed by atoms with E-state index in [0.717, 1.165) is 11.1 Å². The van der Waals surface area contributed by atoms with Gasteiger partial charge in [-0.1, -0.05) is 12.1 Å². The smallest absolute Gasteiger partial charge is 0.246 e. The van der Waals surface area contributed by atoms with Crippen molar-refractivity contribution in [2.24, 2.45) is 0 Å². The molecule has 0 saturated carbocycles. The average Bonchev–Trinajstić information content (AvgIpc) is 2.74. The molecule has 0 radical (unpaired) electrons. The van der Waals surface area contributed by atoms with Crippen LogP contribution in [0.3, 0.4) is 0 Å². The fourth-order valence-corrected chi connectivity index (χ4v) is 6.69. The molecule has 0 aromatic heterocycles. The number of nitrogens with zero attached hydrogens (tertiary/aromatic N) is 2. The van der Waals surface area contributed by atoms with E-state index in [9.17, 15) is 16.8 Å². The Bertz CT molecular complexity index is 1080. The number of aryl methyl sites for hydroxylation is 2. The number of hydrogen-bond acceptors (Lipinski definition) is 6. The van der Waals surface area contributed by atoms with Crippen LogP contribution in [0.2, 0.25) is 0 Å². The van der Waals surface area contributed by atoms with Gasteiger partial charge in [0.1, 0.15) is 21.3 Å². The zero-order valence-corrected chi connectivity index (χ0v) is 20.5. The van der Waals surface area contributed by atoms with E-state index in [0.29, 0.717) is 24.7 Å². The SMILES string of the molecule is CCOc1cc(C)ccc1S(=O)(=O)N1CCN(S(=O)(=O)c2ccc(C)cc2OCC)CC1. The summed E-state index contributed by atoms with van der Waals surface area (Å²) in [6.07, 6.45) is 0. The van der Waals surface area contributed by atoms with Gasteiger partial charge in [0.15, 0.2) is 0 Å². The summed E-state index contributed by atoms with van der Waals surface area (Å²) < 4.78 is 66.7. The molecule has 0 bridgehead atoms. The summed E-state index contributed by atoms with van der Waals surface area (Å²) in [5, 5.41) is 0. The lowest BCUT2D eigenvalue weighted by molar-refractivity contribution is 0.269. The Labute approximate surface area is 190 Å². The van der Waals surface area contributed by atoms with Crippen LogP contribution in [0, 0.1) is 13.8 Å². The van der Waals surface area contributed by atoms with E-state index in [1.54, 1.807) is 50.2 Å². The van der Waals surface area contributed by atoms with Gasteiger partial charge in [0.2, 0.25) is 20.0 Å². The molecular formula is C22H30N2O6S2. The summed E-state index contributed by atoms with van der Waals surface area (Å²) in [7, 11) is -7.65. The quantitative estimate of drug-likeness (QED) is 0.574. The zero-order chi connectivity index (χ0) is 23.5. The Hall–Kier alpha value is -2.14. The predicted molar refractivity (Wildman–Crippen MR) is 122 cm³/mol. The molecule has 8 nitrogen and oxygen atoms in total. The normalized spacial score (nSPS) is 16.1. The summed E-state index contributed by atoms with van der Waals surface area (Å²) in [6, 6.07) is 9.93. The molecule has 0 atom stereocenters. The molecule has 1 saturated heterocycles. The Morgan fingerprint density at radius 3 is 1.34 bits per heavy atom. The molecule has 0 N–H and O–H groups in total. The van der Waals surface area contributed by atoms with Crippen LogP contribution in [0.5, 0.6) is 11.5 Å². The molecule has 3 rings (SSSR count). The third kappa shape index (κ3) is 4.93. The van der Waals surface area contributed by atoms with E-state index in [1.165, 1.54) is 8.61 Å². The fraction of sp³-hybridized carbons (Fsp3) is 0.455. The van der Waals surface area contributed by atoms with Gasteiger partial charge in [-0.05, 0) is 63.1 Å². The Morgan fingerprint density at radius 1 is 0.688 bits per heavy atom. The zero-order valence-electron chi connectivity index (χ0n) is 18.9. The molecule has 1 aliphatic rings. The number of ether oxygens (including phenoxy) is 2. The predicted octanol–water partition coefficient (Wildman–Crippen LogP) is 2.80. The highest BCUT2D eigenvalue weighted by atomic mass is 32.2. The topological polar surface area (TPSA) is 93.2 Å². The lowest BCUT2D eigenvalue weighted by Crippen LogP contribution is -2.50. The first-order chi connectivity index (χ1) is 15.1. The van der Waals surface area contributed by atoms with Crippen molar-refractivity contribution in [1.29, 1.82) is 0 Å². The Balaban J connectivity index is 1.82. The van der Waals surface area contributed by atoms with Crippen LogP contribution in [0.25, 0.3) is 0 Å². The minimum Gasteiger partial charge on any atom is -0.492 e. The fourth-order valence-electron chi connectivity index (χ4n) is 3.62. The summed E-state index contributed by atoms with van der Waals surface area (Å²) in [6.45, 7) is 8.22. The number of sulfonamides is 2. The molecule has 0 spiro atoms. The minimum atomic E-state index is -3.83. The minimum absolute atomic E-state index is 0.0524. The first kappa shape index (κ1) is 24.5. The molecule has 176 valence electrons. The maximum Gasteiger partial charge on any atom is 0.246 e. The van der Waals surface area contributed by atoms with E-state index >= 15 is 0 Å². The van der Waals surface area contributed by atoms with Crippen LogP contribution >= 0.6 is 0 Å². The van der Waals surface area contributed by atoms with E-state index < -0.39 is 20.0 Å². The summed E-state index contributed by atoms with van der Waals surface area (Å²) in [4.78, 5) is 0.192. The Morgan fingerprint density at radius 2 is 1.03 bits per heavy atom. The first-order valence-corrected chi connectivity index (χ1v) is 13.5. The number of piperazine rings is 1. The third-order valence-electron chi connectivity index (χ3n) is 5.23. The van der Waals surface area contributed by atoms with Crippen LogP contribution in [0.4, 0.5) is 0 Å². The largest absolute Gasteiger partial charge is 0.492 e. The number of benzene rings is 2. The van der Waals surface area contributed by atoms with Crippen molar-refractivity contribution in [3.8, 4) is 11.5 Å². The second-order valence-corrected chi connectivity index (χ2v) is 11.4. The van der Waals surface area contributed by atoms with Gasteiger partial charge in [0.05, 0.1) is 13.2 Å². The van der Waals surface area contributed by atoms with Crippen molar-refractivity contribution >= 4 is 20.0 Å². The van der Waals surface area contributed by atoms with Crippen LogP contribution in [-0.4, -0.2) is 64.8 Å². The monoisotopic (exact) mass is 482 g/mol. The standard InChI is InChI=1S/C22H30N2O6S2/c1-5-29-19-15-17(3)7-9-21(19)31(25,26)23-11-13-24(14-12-23)32(27,28)22-10-8-18(4)16-20(22)30-6-2/h7-10,15-16H,5-6,11-14H2,1-4H3. The molecule has 32 heavy (non-hydrogen) atoms. The van der Waals surface area contributed by atoms with E-state index in [2.05, 4.69) is 0 Å². The molecular weight excluding hydrogens is 452 g/mol. The van der Waals surface area contributed by atoms with Gasteiger partial charge in [-0.2, -0.15) is 8.61 Å². The van der Waals surface area contributed by atoms with E-state index in [1.807, 2.05) is 13.8 Å². The second-order valence-electron chi connectivity index (χ2n) is 7.57. The van der Waals surface area contributed by atoms with Gasteiger partial charge in [-0.25, -0.2) is 16.8 Å². The average molecular weight is 483 g/mol. The first-order valence-electron chi connectivity index (χ1n) is 10.6. The van der Waals surface area contributed by atoms with Crippen molar-refractivity contribution in [3.63, 3.8) is 0 Å². The van der Waals surface area contributed by atoms with Gasteiger partial charge in [-0.15, -0.1) is 0 Å². The van der Waals surface area contributed by atoms with Crippen LogP contribution in [0.15, 0.2) is 46.2 Å². The third-order valence-corrected chi connectivity index (χ3v) is 9.11. The molecule has 10 heteroatoms. The van der Waals surface area contributed by atoms with Gasteiger partial charge in [-0.3, -0.25) is 0 Å².